The highest BCUT2D eigenvalue weighted by Gasteiger charge is 2.20. The molecular weight excluding hydrogens is 388 g/mol. The topological polar surface area (TPSA) is 53.0 Å². The van der Waals surface area contributed by atoms with Gasteiger partial charge in [-0.15, -0.1) is 0 Å². The van der Waals surface area contributed by atoms with Gasteiger partial charge in [-0.1, -0.05) is 24.6 Å². The van der Waals surface area contributed by atoms with Crippen LogP contribution < -0.4 is 9.64 Å². The quantitative estimate of drug-likeness (QED) is 0.663. The van der Waals surface area contributed by atoms with E-state index < -0.39 is 6.10 Å². The number of aliphatic hydroxyl groups is 1. The molecule has 1 N–H and O–H groups in total. The zero-order valence-electron chi connectivity index (χ0n) is 17.1. The highest BCUT2D eigenvalue weighted by molar-refractivity contribution is 6.31. The van der Waals surface area contributed by atoms with Gasteiger partial charge in [-0.05, 0) is 48.9 Å². The van der Waals surface area contributed by atoms with Gasteiger partial charge < -0.3 is 14.7 Å². The molecule has 0 aliphatic carbocycles. The van der Waals surface area contributed by atoms with Gasteiger partial charge in [-0.2, -0.15) is 0 Å². The number of halogens is 1. The second-order valence-corrected chi connectivity index (χ2v) is 7.89. The van der Waals surface area contributed by atoms with Crippen molar-refractivity contribution in [1.29, 1.82) is 0 Å². The molecule has 1 heterocycles. The first kappa shape index (κ1) is 21.6. The van der Waals surface area contributed by atoms with Crippen LogP contribution in [-0.4, -0.2) is 61.2 Å². The summed E-state index contributed by atoms with van der Waals surface area (Å²) in [6.45, 7) is 8.24. The zero-order chi connectivity index (χ0) is 20.8. The van der Waals surface area contributed by atoms with Crippen LogP contribution in [0.15, 0.2) is 42.5 Å². The van der Waals surface area contributed by atoms with Crippen molar-refractivity contribution in [2.24, 2.45) is 0 Å². The van der Waals surface area contributed by atoms with Crippen molar-refractivity contribution in [3.63, 3.8) is 0 Å². The molecule has 1 atom stereocenters. The number of hydrogen-bond donors (Lipinski definition) is 1. The Bertz CT molecular complexity index is 817. The van der Waals surface area contributed by atoms with E-state index in [2.05, 4.69) is 21.9 Å². The highest BCUT2D eigenvalue weighted by atomic mass is 35.5. The minimum atomic E-state index is -0.563. The number of aliphatic hydroxyl groups excluding tert-OH is 1. The Labute approximate surface area is 177 Å². The summed E-state index contributed by atoms with van der Waals surface area (Å²) >= 11 is 6.25. The molecule has 2 aromatic rings. The Morgan fingerprint density at radius 3 is 2.45 bits per heavy atom. The summed E-state index contributed by atoms with van der Waals surface area (Å²) in [5.41, 5.74) is 2.92. The van der Waals surface area contributed by atoms with Crippen LogP contribution >= 0.6 is 11.6 Å². The van der Waals surface area contributed by atoms with E-state index in [4.69, 9.17) is 16.3 Å². The van der Waals surface area contributed by atoms with Gasteiger partial charge in [0.25, 0.3) is 0 Å². The minimum Gasteiger partial charge on any atom is -0.491 e. The van der Waals surface area contributed by atoms with Crippen LogP contribution in [-0.2, 0) is 0 Å². The SMILES string of the molecule is CCC(=O)c1ccc(OCC(O)CN2CCN(c3ccc(C)c(Cl)c3)CC2)cc1. The van der Waals surface area contributed by atoms with Crippen LogP contribution in [0.4, 0.5) is 5.69 Å². The number of ketones is 1. The molecular formula is C23H29ClN2O3. The van der Waals surface area contributed by atoms with E-state index in [9.17, 15) is 9.90 Å². The summed E-state index contributed by atoms with van der Waals surface area (Å²) in [5.74, 6) is 0.779. The molecule has 29 heavy (non-hydrogen) atoms. The third-order valence-electron chi connectivity index (χ3n) is 5.30. The van der Waals surface area contributed by atoms with E-state index >= 15 is 0 Å². The number of aryl methyl sites for hydroxylation is 1. The van der Waals surface area contributed by atoms with E-state index in [1.54, 1.807) is 24.3 Å². The Morgan fingerprint density at radius 1 is 1.14 bits per heavy atom. The number of carbonyl (C=O) groups excluding carboxylic acids is 1. The van der Waals surface area contributed by atoms with E-state index in [0.29, 0.717) is 24.3 Å². The summed E-state index contributed by atoms with van der Waals surface area (Å²) in [4.78, 5) is 16.2. The third-order valence-corrected chi connectivity index (χ3v) is 5.71. The molecule has 156 valence electrons. The summed E-state index contributed by atoms with van der Waals surface area (Å²) in [6.07, 6.45) is -0.0734. The predicted molar refractivity (Wildman–Crippen MR) is 117 cm³/mol. The van der Waals surface area contributed by atoms with Gasteiger partial charge >= 0.3 is 0 Å². The van der Waals surface area contributed by atoms with Gasteiger partial charge in [0.2, 0.25) is 0 Å². The molecule has 0 amide bonds. The van der Waals surface area contributed by atoms with E-state index in [1.165, 1.54) is 0 Å². The Kier molecular flexibility index (Phi) is 7.53. The number of piperazine rings is 1. The Morgan fingerprint density at radius 2 is 1.83 bits per heavy atom. The first-order valence-corrected chi connectivity index (χ1v) is 10.5. The van der Waals surface area contributed by atoms with Crippen molar-refractivity contribution >= 4 is 23.1 Å². The van der Waals surface area contributed by atoms with Crippen molar-refractivity contribution in [3.05, 3.63) is 58.6 Å². The fourth-order valence-electron chi connectivity index (χ4n) is 3.45. The molecule has 0 spiro atoms. The molecule has 1 fully saturated rings. The Hall–Kier alpha value is -2.08. The number of rotatable bonds is 8. The maximum absolute atomic E-state index is 11.7. The molecule has 1 saturated heterocycles. The molecule has 0 bridgehead atoms. The number of hydrogen-bond acceptors (Lipinski definition) is 5. The number of Topliss-reactive ketones (excluding diaryl/α,β-unsaturated/α-hetero) is 1. The number of benzene rings is 2. The van der Waals surface area contributed by atoms with Crippen molar-refractivity contribution in [2.75, 3.05) is 44.2 Å². The van der Waals surface area contributed by atoms with Gasteiger partial charge in [0.1, 0.15) is 18.5 Å². The average molecular weight is 417 g/mol. The van der Waals surface area contributed by atoms with Crippen molar-refractivity contribution in [2.45, 2.75) is 26.4 Å². The van der Waals surface area contributed by atoms with Crippen molar-refractivity contribution in [3.8, 4) is 5.75 Å². The monoisotopic (exact) mass is 416 g/mol. The van der Waals surface area contributed by atoms with Gasteiger partial charge in [0, 0.05) is 55.4 Å². The normalized spacial score (nSPS) is 15.9. The number of nitrogens with zero attached hydrogens (tertiary/aromatic N) is 2. The lowest BCUT2D eigenvalue weighted by Crippen LogP contribution is -2.49. The average Bonchev–Trinajstić information content (AvgIpc) is 2.74. The maximum Gasteiger partial charge on any atom is 0.162 e. The summed E-state index contributed by atoms with van der Waals surface area (Å²) < 4.78 is 5.68. The van der Waals surface area contributed by atoms with Crippen LogP contribution in [0.2, 0.25) is 5.02 Å². The summed E-state index contributed by atoms with van der Waals surface area (Å²) in [7, 11) is 0. The fraction of sp³-hybridized carbons (Fsp3) is 0.435. The second kappa shape index (κ2) is 10.1. The van der Waals surface area contributed by atoms with Gasteiger partial charge in [-0.3, -0.25) is 9.69 Å². The molecule has 1 aliphatic rings. The van der Waals surface area contributed by atoms with Crippen LogP contribution in [0.5, 0.6) is 5.75 Å². The number of carbonyl (C=O) groups is 1. The van der Waals surface area contributed by atoms with Crippen LogP contribution in [0, 0.1) is 6.92 Å². The van der Waals surface area contributed by atoms with Crippen LogP contribution in [0.1, 0.15) is 29.3 Å². The summed E-state index contributed by atoms with van der Waals surface area (Å²) in [6, 6.07) is 13.3. The van der Waals surface area contributed by atoms with Gasteiger partial charge in [0.15, 0.2) is 5.78 Å². The lowest BCUT2D eigenvalue weighted by molar-refractivity contribution is 0.0663. The molecule has 1 unspecified atom stereocenters. The fourth-order valence-corrected chi connectivity index (χ4v) is 3.63. The summed E-state index contributed by atoms with van der Waals surface area (Å²) in [5, 5.41) is 11.1. The smallest absolute Gasteiger partial charge is 0.162 e. The zero-order valence-corrected chi connectivity index (χ0v) is 17.9. The molecule has 0 aromatic heterocycles. The lowest BCUT2D eigenvalue weighted by atomic mass is 10.1. The molecule has 0 saturated carbocycles. The minimum absolute atomic E-state index is 0.114. The van der Waals surface area contributed by atoms with Gasteiger partial charge in [0.05, 0.1) is 0 Å². The first-order chi connectivity index (χ1) is 14.0. The number of β-amino-alcohol motifs (C(OH)–C–C–N with tert-alkyl or cyclic N) is 1. The molecule has 1 aliphatic heterocycles. The molecule has 2 aromatic carbocycles. The van der Waals surface area contributed by atoms with Crippen molar-refractivity contribution in [1.82, 2.24) is 4.90 Å². The molecule has 6 heteroatoms. The van der Waals surface area contributed by atoms with Crippen LogP contribution in [0.3, 0.4) is 0 Å². The number of anilines is 1. The first-order valence-electron chi connectivity index (χ1n) is 10.1. The van der Waals surface area contributed by atoms with E-state index in [0.717, 1.165) is 42.5 Å². The second-order valence-electron chi connectivity index (χ2n) is 7.49. The van der Waals surface area contributed by atoms with E-state index in [-0.39, 0.29) is 12.4 Å². The highest BCUT2D eigenvalue weighted by Crippen LogP contribution is 2.24. The molecule has 5 nitrogen and oxygen atoms in total. The maximum atomic E-state index is 11.7. The van der Waals surface area contributed by atoms with E-state index in [1.807, 2.05) is 19.9 Å². The van der Waals surface area contributed by atoms with Crippen molar-refractivity contribution < 1.29 is 14.6 Å². The largest absolute Gasteiger partial charge is 0.491 e. The lowest BCUT2D eigenvalue weighted by Gasteiger charge is -2.37. The third kappa shape index (κ3) is 5.95. The van der Waals surface area contributed by atoms with Crippen LogP contribution in [0.25, 0.3) is 0 Å². The molecule has 0 radical (unpaired) electrons. The Balaban J connectivity index is 1.42. The predicted octanol–water partition coefficient (Wildman–Crippen LogP) is 3.80. The molecule has 3 rings (SSSR count). The number of ether oxygens (including phenoxy) is 1. The standard InChI is InChI=1S/C23H29ClN2O3/c1-3-23(28)18-5-8-21(9-6-18)29-16-20(27)15-25-10-12-26(13-11-25)19-7-4-17(2)22(24)14-19/h4-9,14,20,27H,3,10-13,15-16H2,1-2H3. The van der Waals surface area contributed by atoms with Gasteiger partial charge in [-0.25, -0.2) is 0 Å².